The van der Waals surface area contributed by atoms with Crippen molar-refractivity contribution >= 4 is 0 Å². The number of nitrogens with one attached hydrogen (secondary N) is 1. The van der Waals surface area contributed by atoms with Gasteiger partial charge in [0.1, 0.15) is 5.75 Å². The second-order valence-electron chi connectivity index (χ2n) is 5.14. The van der Waals surface area contributed by atoms with E-state index in [0.717, 1.165) is 11.7 Å². The number of methoxy groups -OCH3 is 1. The highest BCUT2D eigenvalue weighted by molar-refractivity contribution is 5.39. The Hall–Kier alpha value is -1.02. The van der Waals surface area contributed by atoms with E-state index in [9.17, 15) is 0 Å². The number of aryl methyl sites for hydroxylation is 1. The number of rotatable bonds is 5. The largest absolute Gasteiger partial charge is 0.496 e. The van der Waals surface area contributed by atoms with Crippen molar-refractivity contribution in [3.8, 4) is 5.75 Å². The summed E-state index contributed by atoms with van der Waals surface area (Å²) in [5.41, 5.74) is 2.56. The van der Waals surface area contributed by atoms with Gasteiger partial charge in [-0.1, -0.05) is 31.0 Å². The molecule has 17 heavy (non-hydrogen) atoms. The first-order chi connectivity index (χ1) is 8.15. The van der Waals surface area contributed by atoms with Crippen molar-refractivity contribution in [2.24, 2.45) is 5.92 Å². The molecule has 3 unspecified atom stereocenters. The van der Waals surface area contributed by atoms with E-state index in [1.54, 1.807) is 7.11 Å². The number of ether oxygens (including phenoxy) is 1. The Morgan fingerprint density at radius 1 is 1.47 bits per heavy atom. The van der Waals surface area contributed by atoms with Gasteiger partial charge in [-0.3, -0.25) is 0 Å². The van der Waals surface area contributed by atoms with E-state index >= 15 is 0 Å². The lowest BCUT2D eigenvalue weighted by molar-refractivity contribution is 0.400. The van der Waals surface area contributed by atoms with E-state index < -0.39 is 0 Å². The SMILES string of the molecule is CCC1CC1NC(C)c1cc(C)ccc1OC. The van der Waals surface area contributed by atoms with Crippen LogP contribution in [0.2, 0.25) is 0 Å². The van der Waals surface area contributed by atoms with E-state index in [1.807, 2.05) is 0 Å². The van der Waals surface area contributed by atoms with Crippen LogP contribution in [0.25, 0.3) is 0 Å². The zero-order valence-corrected chi connectivity index (χ0v) is 11.3. The summed E-state index contributed by atoms with van der Waals surface area (Å²) in [7, 11) is 1.74. The molecule has 0 aromatic heterocycles. The fourth-order valence-electron chi connectivity index (χ4n) is 2.51. The van der Waals surface area contributed by atoms with Gasteiger partial charge >= 0.3 is 0 Å². The van der Waals surface area contributed by atoms with Gasteiger partial charge in [-0.15, -0.1) is 0 Å². The van der Waals surface area contributed by atoms with Crippen molar-refractivity contribution in [2.75, 3.05) is 7.11 Å². The Balaban J connectivity index is 2.07. The Kier molecular flexibility index (Phi) is 3.72. The van der Waals surface area contributed by atoms with Crippen LogP contribution in [0, 0.1) is 12.8 Å². The highest BCUT2D eigenvalue weighted by atomic mass is 16.5. The molecule has 0 spiro atoms. The minimum Gasteiger partial charge on any atom is -0.496 e. The van der Waals surface area contributed by atoms with E-state index in [2.05, 4.69) is 44.3 Å². The third kappa shape index (κ3) is 2.81. The van der Waals surface area contributed by atoms with E-state index in [4.69, 9.17) is 4.74 Å². The second kappa shape index (κ2) is 5.09. The molecule has 2 rings (SSSR count). The molecule has 1 aromatic rings. The summed E-state index contributed by atoms with van der Waals surface area (Å²) in [6.45, 7) is 6.62. The van der Waals surface area contributed by atoms with Crippen molar-refractivity contribution in [1.82, 2.24) is 5.32 Å². The molecule has 1 fully saturated rings. The van der Waals surface area contributed by atoms with Gasteiger partial charge in [0.25, 0.3) is 0 Å². The molecule has 2 nitrogen and oxygen atoms in total. The van der Waals surface area contributed by atoms with Crippen molar-refractivity contribution in [3.63, 3.8) is 0 Å². The molecule has 0 amide bonds. The lowest BCUT2D eigenvalue weighted by atomic mass is 10.0. The maximum Gasteiger partial charge on any atom is 0.123 e. The average molecular weight is 233 g/mol. The highest BCUT2D eigenvalue weighted by Gasteiger charge is 2.36. The first-order valence-electron chi connectivity index (χ1n) is 6.56. The predicted octanol–water partition coefficient (Wildman–Crippen LogP) is 3.45. The van der Waals surface area contributed by atoms with E-state index in [0.29, 0.717) is 12.1 Å². The molecular formula is C15H23NO. The van der Waals surface area contributed by atoms with Crippen LogP contribution in [-0.4, -0.2) is 13.2 Å². The van der Waals surface area contributed by atoms with Crippen LogP contribution in [0.3, 0.4) is 0 Å². The smallest absolute Gasteiger partial charge is 0.123 e. The van der Waals surface area contributed by atoms with Crippen LogP contribution < -0.4 is 10.1 Å². The minimum absolute atomic E-state index is 0.367. The van der Waals surface area contributed by atoms with Crippen molar-refractivity contribution in [1.29, 1.82) is 0 Å². The summed E-state index contributed by atoms with van der Waals surface area (Å²) in [4.78, 5) is 0. The summed E-state index contributed by atoms with van der Waals surface area (Å²) in [5, 5.41) is 3.69. The Morgan fingerprint density at radius 2 is 2.24 bits per heavy atom. The quantitative estimate of drug-likeness (QED) is 0.841. The van der Waals surface area contributed by atoms with Crippen LogP contribution in [0.1, 0.15) is 43.9 Å². The molecule has 1 N–H and O–H groups in total. The van der Waals surface area contributed by atoms with Crippen LogP contribution in [0.4, 0.5) is 0 Å². The summed E-state index contributed by atoms with van der Waals surface area (Å²) < 4.78 is 5.44. The zero-order chi connectivity index (χ0) is 12.4. The number of benzene rings is 1. The molecule has 94 valence electrons. The summed E-state index contributed by atoms with van der Waals surface area (Å²) in [5.74, 6) is 1.87. The second-order valence-corrected chi connectivity index (χ2v) is 5.14. The highest BCUT2D eigenvalue weighted by Crippen LogP contribution is 2.36. The van der Waals surface area contributed by atoms with Crippen molar-refractivity contribution in [2.45, 2.75) is 45.7 Å². The Morgan fingerprint density at radius 3 is 2.82 bits per heavy atom. The average Bonchev–Trinajstić information content (AvgIpc) is 3.07. The molecule has 3 atom stereocenters. The number of hydrogen-bond acceptors (Lipinski definition) is 2. The van der Waals surface area contributed by atoms with Gasteiger partial charge in [0.15, 0.2) is 0 Å². The van der Waals surface area contributed by atoms with E-state index in [1.165, 1.54) is 24.0 Å². The first kappa shape index (κ1) is 12.4. The maximum atomic E-state index is 5.44. The fraction of sp³-hybridized carbons (Fsp3) is 0.600. The van der Waals surface area contributed by atoms with Crippen LogP contribution in [-0.2, 0) is 0 Å². The molecule has 0 radical (unpaired) electrons. The van der Waals surface area contributed by atoms with Crippen molar-refractivity contribution in [3.05, 3.63) is 29.3 Å². The Bertz CT molecular complexity index is 389. The van der Waals surface area contributed by atoms with E-state index in [-0.39, 0.29) is 0 Å². The molecule has 0 saturated heterocycles. The lowest BCUT2D eigenvalue weighted by Crippen LogP contribution is -2.22. The standard InChI is InChI=1S/C15H23NO/c1-5-12-9-14(12)16-11(3)13-8-10(2)6-7-15(13)17-4/h6-8,11-12,14,16H,5,9H2,1-4H3. The third-order valence-electron chi connectivity index (χ3n) is 3.76. The summed E-state index contributed by atoms with van der Waals surface area (Å²) >= 11 is 0. The fourth-order valence-corrected chi connectivity index (χ4v) is 2.51. The summed E-state index contributed by atoms with van der Waals surface area (Å²) in [6, 6.07) is 7.46. The monoisotopic (exact) mass is 233 g/mol. The van der Waals surface area contributed by atoms with Crippen LogP contribution in [0.5, 0.6) is 5.75 Å². The lowest BCUT2D eigenvalue weighted by Gasteiger charge is -2.18. The first-order valence-corrected chi connectivity index (χ1v) is 6.56. The summed E-state index contributed by atoms with van der Waals surface area (Å²) in [6.07, 6.45) is 2.62. The molecule has 0 bridgehead atoms. The third-order valence-corrected chi connectivity index (χ3v) is 3.76. The van der Waals surface area contributed by atoms with Crippen molar-refractivity contribution < 1.29 is 4.74 Å². The molecule has 1 aromatic carbocycles. The minimum atomic E-state index is 0.367. The van der Waals surface area contributed by atoms with Gasteiger partial charge in [-0.25, -0.2) is 0 Å². The molecule has 1 aliphatic rings. The van der Waals surface area contributed by atoms with Crippen LogP contribution in [0.15, 0.2) is 18.2 Å². The Labute approximate surface area is 104 Å². The molecule has 0 aliphatic heterocycles. The van der Waals surface area contributed by atoms with Crippen LogP contribution >= 0.6 is 0 Å². The normalized spacial score (nSPS) is 24.5. The molecule has 0 heterocycles. The molecule has 1 saturated carbocycles. The van der Waals surface area contributed by atoms with Gasteiger partial charge in [0.05, 0.1) is 7.11 Å². The van der Waals surface area contributed by atoms with Gasteiger partial charge in [-0.2, -0.15) is 0 Å². The van der Waals surface area contributed by atoms with Gasteiger partial charge in [0.2, 0.25) is 0 Å². The molecular weight excluding hydrogens is 210 g/mol. The topological polar surface area (TPSA) is 21.3 Å². The predicted molar refractivity (Wildman–Crippen MR) is 71.5 cm³/mol. The number of hydrogen-bond donors (Lipinski definition) is 1. The maximum absolute atomic E-state index is 5.44. The molecule has 1 aliphatic carbocycles. The zero-order valence-electron chi connectivity index (χ0n) is 11.3. The van der Waals surface area contributed by atoms with Gasteiger partial charge in [0, 0.05) is 17.6 Å². The van der Waals surface area contributed by atoms with Gasteiger partial charge in [-0.05, 0) is 32.3 Å². The molecule has 2 heteroatoms. The van der Waals surface area contributed by atoms with Gasteiger partial charge < -0.3 is 10.1 Å².